The van der Waals surface area contributed by atoms with Crippen LogP contribution in [0.2, 0.25) is 0 Å². The Hall–Kier alpha value is -2.33. The topological polar surface area (TPSA) is 52.6 Å². The van der Waals surface area contributed by atoms with Crippen molar-refractivity contribution in [2.45, 2.75) is 25.4 Å². The summed E-state index contributed by atoms with van der Waals surface area (Å²) in [5.74, 6) is 0. The quantitative estimate of drug-likeness (QED) is 0.914. The standard InChI is InChI=1S/C19H22N2O2/c22-18(16-10-2-1-3-11-16)14-20-19(23)21-13-7-6-9-15-8-4-5-12-17(15)21/h1-5,8,10-12,18,22H,6-7,9,13-14H2,(H,20,23). The number of para-hydroxylation sites is 1. The fourth-order valence-corrected chi connectivity index (χ4v) is 2.97. The van der Waals surface area contributed by atoms with Crippen LogP contribution in [0.3, 0.4) is 0 Å². The molecule has 23 heavy (non-hydrogen) atoms. The number of rotatable bonds is 3. The lowest BCUT2D eigenvalue weighted by molar-refractivity contribution is 0.174. The van der Waals surface area contributed by atoms with Gasteiger partial charge in [0.1, 0.15) is 0 Å². The van der Waals surface area contributed by atoms with Crippen LogP contribution in [0.15, 0.2) is 54.6 Å². The Morgan fingerprint density at radius 1 is 1.09 bits per heavy atom. The largest absolute Gasteiger partial charge is 0.387 e. The first kappa shape index (κ1) is 15.6. The third-order valence-electron chi connectivity index (χ3n) is 4.24. The number of nitrogens with zero attached hydrogens (tertiary/aromatic N) is 1. The van der Waals surface area contributed by atoms with Crippen LogP contribution in [-0.4, -0.2) is 24.2 Å². The molecule has 1 unspecified atom stereocenters. The summed E-state index contributed by atoms with van der Waals surface area (Å²) < 4.78 is 0. The van der Waals surface area contributed by atoms with Gasteiger partial charge in [0.05, 0.1) is 6.10 Å². The number of amides is 2. The molecule has 0 aromatic heterocycles. The van der Waals surface area contributed by atoms with Gasteiger partial charge in [-0.1, -0.05) is 48.5 Å². The summed E-state index contributed by atoms with van der Waals surface area (Å²) in [6.07, 6.45) is 2.39. The van der Waals surface area contributed by atoms with Crippen LogP contribution < -0.4 is 10.2 Å². The van der Waals surface area contributed by atoms with Crippen LogP contribution >= 0.6 is 0 Å². The highest BCUT2D eigenvalue weighted by atomic mass is 16.3. The highest BCUT2D eigenvalue weighted by molar-refractivity contribution is 5.93. The molecular formula is C19H22N2O2. The molecular weight excluding hydrogens is 288 g/mol. The van der Waals surface area contributed by atoms with E-state index in [1.807, 2.05) is 48.5 Å². The van der Waals surface area contributed by atoms with Crippen molar-refractivity contribution < 1.29 is 9.90 Å². The highest BCUT2D eigenvalue weighted by Crippen LogP contribution is 2.26. The molecule has 4 nitrogen and oxygen atoms in total. The molecule has 2 aromatic carbocycles. The van der Waals surface area contributed by atoms with Gasteiger partial charge < -0.3 is 10.4 Å². The van der Waals surface area contributed by atoms with Crippen LogP contribution in [-0.2, 0) is 6.42 Å². The minimum atomic E-state index is -0.692. The first-order valence-corrected chi connectivity index (χ1v) is 8.12. The zero-order chi connectivity index (χ0) is 16.1. The number of nitrogens with one attached hydrogen (secondary N) is 1. The van der Waals surface area contributed by atoms with E-state index in [1.54, 1.807) is 4.90 Å². The van der Waals surface area contributed by atoms with Gasteiger partial charge in [0.25, 0.3) is 0 Å². The molecule has 1 aliphatic heterocycles. The van der Waals surface area contributed by atoms with Crippen molar-refractivity contribution in [3.8, 4) is 0 Å². The number of carbonyl (C=O) groups is 1. The number of aliphatic hydroxyl groups is 1. The zero-order valence-electron chi connectivity index (χ0n) is 13.1. The lowest BCUT2D eigenvalue weighted by Gasteiger charge is -2.24. The average Bonchev–Trinajstić information content (AvgIpc) is 2.82. The van der Waals surface area contributed by atoms with E-state index in [0.29, 0.717) is 6.54 Å². The summed E-state index contributed by atoms with van der Waals surface area (Å²) in [4.78, 5) is 14.3. The molecule has 0 aliphatic carbocycles. The van der Waals surface area contributed by atoms with Crippen LogP contribution in [0.4, 0.5) is 10.5 Å². The number of hydrogen-bond acceptors (Lipinski definition) is 2. The fourth-order valence-electron chi connectivity index (χ4n) is 2.97. The minimum Gasteiger partial charge on any atom is -0.387 e. The number of fused-ring (bicyclic) bond motifs is 1. The van der Waals surface area contributed by atoms with Gasteiger partial charge in [-0.2, -0.15) is 0 Å². The monoisotopic (exact) mass is 310 g/mol. The first-order valence-electron chi connectivity index (χ1n) is 8.12. The van der Waals surface area contributed by atoms with Gasteiger partial charge in [-0.15, -0.1) is 0 Å². The second-order valence-corrected chi connectivity index (χ2v) is 5.85. The van der Waals surface area contributed by atoms with E-state index in [1.165, 1.54) is 5.56 Å². The number of aliphatic hydroxyl groups excluding tert-OH is 1. The SMILES string of the molecule is O=C(NCC(O)c1ccccc1)N1CCCCc2ccccc21. The van der Waals surface area contributed by atoms with Crippen molar-refractivity contribution in [1.82, 2.24) is 5.32 Å². The Morgan fingerprint density at radius 3 is 2.65 bits per heavy atom. The van der Waals surface area contributed by atoms with Crippen LogP contribution in [0.5, 0.6) is 0 Å². The van der Waals surface area contributed by atoms with E-state index in [4.69, 9.17) is 0 Å². The lowest BCUT2D eigenvalue weighted by Crippen LogP contribution is -2.42. The molecule has 4 heteroatoms. The smallest absolute Gasteiger partial charge is 0.321 e. The summed E-state index contributed by atoms with van der Waals surface area (Å²) in [7, 11) is 0. The molecule has 0 spiro atoms. The van der Waals surface area contributed by atoms with Crippen molar-refractivity contribution in [2.75, 3.05) is 18.0 Å². The van der Waals surface area contributed by atoms with E-state index in [-0.39, 0.29) is 12.6 Å². The van der Waals surface area contributed by atoms with E-state index < -0.39 is 6.10 Å². The van der Waals surface area contributed by atoms with Crippen molar-refractivity contribution in [3.05, 3.63) is 65.7 Å². The Bertz CT molecular complexity index is 657. The molecule has 0 radical (unpaired) electrons. The zero-order valence-corrected chi connectivity index (χ0v) is 13.1. The predicted octanol–water partition coefficient (Wildman–Crippen LogP) is 3.27. The maximum atomic E-state index is 12.6. The summed E-state index contributed by atoms with van der Waals surface area (Å²) in [5.41, 5.74) is 3.00. The molecule has 120 valence electrons. The molecule has 2 N–H and O–H groups in total. The third-order valence-corrected chi connectivity index (χ3v) is 4.24. The van der Waals surface area contributed by atoms with Crippen molar-refractivity contribution >= 4 is 11.7 Å². The number of carbonyl (C=O) groups excluding carboxylic acids is 1. The molecule has 0 saturated carbocycles. The minimum absolute atomic E-state index is 0.144. The van der Waals surface area contributed by atoms with E-state index in [2.05, 4.69) is 11.4 Å². The van der Waals surface area contributed by atoms with Crippen molar-refractivity contribution in [2.24, 2.45) is 0 Å². The number of anilines is 1. The number of urea groups is 1. The molecule has 1 heterocycles. The van der Waals surface area contributed by atoms with Crippen LogP contribution in [0, 0.1) is 0 Å². The van der Waals surface area contributed by atoms with E-state index in [0.717, 1.165) is 30.5 Å². The average molecular weight is 310 g/mol. The maximum absolute atomic E-state index is 12.6. The normalized spacial score (nSPS) is 15.4. The maximum Gasteiger partial charge on any atom is 0.321 e. The molecule has 2 amide bonds. The van der Waals surface area contributed by atoms with Gasteiger partial charge in [0.2, 0.25) is 0 Å². The molecule has 0 saturated heterocycles. The molecule has 2 aromatic rings. The van der Waals surface area contributed by atoms with Crippen molar-refractivity contribution in [3.63, 3.8) is 0 Å². The molecule has 1 atom stereocenters. The van der Waals surface area contributed by atoms with Gasteiger partial charge >= 0.3 is 6.03 Å². The molecule has 0 bridgehead atoms. The summed E-state index contributed by atoms with van der Waals surface area (Å²) in [5, 5.41) is 13.0. The number of hydrogen-bond donors (Lipinski definition) is 2. The van der Waals surface area contributed by atoms with Crippen LogP contribution in [0.1, 0.15) is 30.1 Å². The second kappa shape index (κ2) is 7.29. The van der Waals surface area contributed by atoms with Gasteiger partial charge in [-0.3, -0.25) is 4.90 Å². The van der Waals surface area contributed by atoms with Crippen molar-refractivity contribution in [1.29, 1.82) is 0 Å². The Balaban J connectivity index is 1.66. The summed E-state index contributed by atoms with van der Waals surface area (Å²) in [6.45, 7) is 0.922. The lowest BCUT2D eigenvalue weighted by atomic mass is 10.1. The fraction of sp³-hybridized carbons (Fsp3) is 0.316. The van der Waals surface area contributed by atoms with Crippen LogP contribution in [0.25, 0.3) is 0 Å². The third kappa shape index (κ3) is 3.71. The molecule has 3 rings (SSSR count). The highest BCUT2D eigenvalue weighted by Gasteiger charge is 2.21. The Morgan fingerprint density at radius 2 is 1.83 bits per heavy atom. The van der Waals surface area contributed by atoms with Gasteiger partial charge in [-0.05, 0) is 36.5 Å². The number of aryl methyl sites for hydroxylation is 1. The number of benzene rings is 2. The van der Waals surface area contributed by atoms with Gasteiger partial charge in [-0.25, -0.2) is 4.79 Å². The Labute approximate surface area is 136 Å². The van der Waals surface area contributed by atoms with Gasteiger partial charge in [0, 0.05) is 18.8 Å². The molecule has 0 fully saturated rings. The van der Waals surface area contributed by atoms with E-state index in [9.17, 15) is 9.90 Å². The van der Waals surface area contributed by atoms with Gasteiger partial charge in [0.15, 0.2) is 0 Å². The predicted molar refractivity (Wildman–Crippen MR) is 91.5 cm³/mol. The molecule has 1 aliphatic rings. The Kier molecular flexibility index (Phi) is 4.93. The summed E-state index contributed by atoms with van der Waals surface area (Å²) >= 11 is 0. The first-order chi connectivity index (χ1) is 11.3. The summed E-state index contributed by atoms with van der Waals surface area (Å²) in [6, 6.07) is 17.3. The second-order valence-electron chi connectivity index (χ2n) is 5.85. The van der Waals surface area contributed by atoms with E-state index >= 15 is 0 Å².